The van der Waals surface area contributed by atoms with E-state index in [1.807, 2.05) is 19.1 Å². The van der Waals surface area contributed by atoms with Gasteiger partial charge >= 0.3 is 12.0 Å². The molecule has 1 aliphatic heterocycles. The highest BCUT2D eigenvalue weighted by atomic mass is 16.5. The van der Waals surface area contributed by atoms with E-state index in [0.29, 0.717) is 28.5 Å². The molecule has 0 spiro atoms. The van der Waals surface area contributed by atoms with Crippen molar-refractivity contribution < 1.29 is 37.8 Å². The van der Waals surface area contributed by atoms with Crippen LogP contribution in [0.4, 0.5) is 10.5 Å². The summed E-state index contributed by atoms with van der Waals surface area (Å²) >= 11 is 0. The predicted molar refractivity (Wildman–Crippen MR) is 135 cm³/mol. The Hall–Kier alpha value is -5.06. The molecule has 196 valence electrons. The summed E-state index contributed by atoms with van der Waals surface area (Å²) in [7, 11) is 2.72. The third kappa shape index (κ3) is 5.84. The fraction of sp³-hybridized carbons (Fsp3) is 0.185. The first kappa shape index (κ1) is 26.0. The Kier molecular flexibility index (Phi) is 7.76. The number of imide groups is 1. The number of benzene rings is 2. The van der Waals surface area contributed by atoms with Gasteiger partial charge in [0.15, 0.2) is 11.5 Å². The van der Waals surface area contributed by atoms with Gasteiger partial charge in [-0.15, -0.1) is 0 Å². The average Bonchev–Trinajstić information content (AvgIpc) is 3.49. The summed E-state index contributed by atoms with van der Waals surface area (Å²) in [5.74, 6) is -0.497. The lowest BCUT2D eigenvalue weighted by atomic mass is 10.1. The van der Waals surface area contributed by atoms with E-state index < -0.39 is 30.4 Å². The molecule has 2 N–H and O–H groups in total. The van der Waals surface area contributed by atoms with Gasteiger partial charge in [-0.25, -0.2) is 14.5 Å². The Morgan fingerprint density at radius 1 is 1.05 bits per heavy atom. The van der Waals surface area contributed by atoms with Gasteiger partial charge in [0.05, 0.1) is 14.2 Å². The van der Waals surface area contributed by atoms with Crippen molar-refractivity contribution in [3.63, 3.8) is 0 Å². The second-order valence-electron chi connectivity index (χ2n) is 8.20. The van der Waals surface area contributed by atoms with Crippen LogP contribution in [0.3, 0.4) is 0 Å². The Bertz CT molecular complexity index is 1430. The summed E-state index contributed by atoms with van der Waals surface area (Å²) in [4.78, 5) is 50.0. The molecule has 11 heteroatoms. The third-order valence-electron chi connectivity index (χ3n) is 5.60. The van der Waals surface area contributed by atoms with E-state index in [-0.39, 0.29) is 18.1 Å². The van der Waals surface area contributed by atoms with E-state index in [2.05, 4.69) is 15.4 Å². The molecule has 0 bridgehead atoms. The number of anilines is 1. The lowest BCUT2D eigenvalue weighted by Gasteiger charge is -2.13. The molecule has 0 aliphatic carbocycles. The van der Waals surface area contributed by atoms with Crippen molar-refractivity contribution in [2.75, 3.05) is 26.1 Å². The number of nitrogens with one attached hydrogen (secondary N) is 2. The minimum atomic E-state index is -0.696. The zero-order valence-electron chi connectivity index (χ0n) is 20.9. The van der Waals surface area contributed by atoms with Crippen LogP contribution in [0.1, 0.15) is 27.4 Å². The SMILES string of the molecule is COC(=O)c1ccc(COc2ccc(C=C3NC(=O)N(CC(=O)Nc4ccccc4C)C3=O)cc2OC)o1. The van der Waals surface area contributed by atoms with E-state index in [0.717, 1.165) is 10.5 Å². The topological polar surface area (TPSA) is 136 Å². The molecule has 3 aromatic rings. The van der Waals surface area contributed by atoms with Gasteiger partial charge in [0.25, 0.3) is 5.91 Å². The lowest BCUT2D eigenvalue weighted by Crippen LogP contribution is -2.38. The van der Waals surface area contributed by atoms with E-state index in [4.69, 9.17) is 13.9 Å². The third-order valence-corrected chi connectivity index (χ3v) is 5.60. The number of nitrogens with zero attached hydrogens (tertiary/aromatic N) is 1. The van der Waals surface area contributed by atoms with Crippen molar-refractivity contribution in [2.45, 2.75) is 13.5 Å². The number of urea groups is 1. The van der Waals surface area contributed by atoms with Crippen molar-refractivity contribution in [3.8, 4) is 11.5 Å². The Morgan fingerprint density at radius 3 is 2.58 bits per heavy atom. The molecule has 11 nitrogen and oxygen atoms in total. The van der Waals surface area contributed by atoms with Crippen LogP contribution in [0.5, 0.6) is 11.5 Å². The maximum Gasteiger partial charge on any atom is 0.373 e. The van der Waals surface area contributed by atoms with Gasteiger partial charge in [0.2, 0.25) is 11.7 Å². The molecular weight excluding hydrogens is 494 g/mol. The van der Waals surface area contributed by atoms with E-state index in [1.54, 1.807) is 36.4 Å². The molecule has 1 fully saturated rings. The fourth-order valence-corrected chi connectivity index (χ4v) is 3.64. The molecule has 4 amide bonds. The number of methoxy groups -OCH3 is 2. The average molecular weight is 520 g/mol. The normalized spacial score (nSPS) is 13.9. The van der Waals surface area contributed by atoms with Gasteiger partial charge in [0, 0.05) is 5.69 Å². The quantitative estimate of drug-likeness (QED) is 0.249. The zero-order chi connectivity index (χ0) is 27.2. The van der Waals surface area contributed by atoms with Crippen molar-refractivity contribution in [3.05, 3.63) is 82.9 Å². The van der Waals surface area contributed by atoms with E-state index >= 15 is 0 Å². The highest BCUT2D eigenvalue weighted by Crippen LogP contribution is 2.30. The van der Waals surface area contributed by atoms with Crippen molar-refractivity contribution in [1.82, 2.24) is 10.2 Å². The number of esters is 1. The first-order chi connectivity index (χ1) is 18.3. The first-order valence-corrected chi connectivity index (χ1v) is 11.5. The summed E-state index contributed by atoms with van der Waals surface area (Å²) in [6.07, 6.45) is 1.47. The monoisotopic (exact) mass is 519 g/mol. The maximum atomic E-state index is 12.8. The zero-order valence-corrected chi connectivity index (χ0v) is 20.9. The summed E-state index contributed by atoms with van der Waals surface area (Å²) < 4.78 is 21.1. The fourth-order valence-electron chi connectivity index (χ4n) is 3.64. The van der Waals surface area contributed by atoms with Crippen LogP contribution < -0.4 is 20.1 Å². The number of carbonyl (C=O) groups is 4. The van der Waals surface area contributed by atoms with Crippen molar-refractivity contribution >= 4 is 35.6 Å². The number of amides is 4. The van der Waals surface area contributed by atoms with Gasteiger partial charge in [-0.1, -0.05) is 24.3 Å². The van der Waals surface area contributed by atoms with E-state index in [9.17, 15) is 19.2 Å². The summed E-state index contributed by atoms with van der Waals surface area (Å²) in [6.45, 7) is 1.44. The number of hydrogen-bond donors (Lipinski definition) is 2. The van der Waals surface area contributed by atoms with Crippen LogP contribution in [0.15, 0.2) is 64.7 Å². The number of carbonyl (C=O) groups excluding carboxylic acids is 4. The number of rotatable bonds is 9. The smallest absolute Gasteiger partial charge is 0.373 e. The van der Waals surface area contributed by atoms with Gasteiger partial charge < -0.3 is 29.3 Å². The highest BCUT2D eigenvalue weighted by Gasteiger charge is 2.35. The molecule has 1 aliphatic rings. The minimum absolute atomic E-state index is 0.0142. The van der Waals surface area contributed by atoms with Gasteiger partial charge in [-0.3, -0.25) is 9.59 Å². The maximum absolute atomic E-state index is 12.8. The highest BCUT2D eigenvalue weighted by molar-refractivity contribution is 6.16. The van der Waals surface area contributed by atoms with Gasteiger partial charge in [0.1, 0.15) is 24.6 Å². The van der Waals surface area contributed by atoms with Crippen LogP contribution >= 0.6 is 0 Å². The van der Waals surface area contributed by atoms with Crippen LogP contribution in [0.25, 0.3) is 6.08 Å². The molecule has 2 aromatic carbocycles. The van der Waals surface area contributed by atoms with Crippen LogP contribution in [-0.2, 0) is 20.9 Å². The second kappa shape index (κ2) is 11.3. The van der Waals surface area contributed by atoms with Crippen LogP contribution in [0, 0.1) is 6.92 Å². The molecule has 4 rings (SSSR count). The summed E-state index contributed by atoms with van der Waals surface area (Å²) in [6, 6.07) is 14.5. The first-order valence-electron chi connectivity index (χ1n) is 11.5. The number of ether oxygens (including phenoxy) is 3. The van der Waals surface area contributed by atoms with Gasteiger partial charge in [-0.05, 0) is 54.5 Å². The van der Waals surface area contributed by atoms with E-state index in [1.165, 1.54) is 26.4 Å². The Balaban J connectivity index is 1.41. The second-order valence-corrected chi connectivity index (χ2v) is 8.20. The van der Waals surface area contributed by atoms with Crippen molar-refractivity contribution in [1.29, 1.82) is 0 Å². The summed E-state index contributed by atoms with van der Waals surface area (Å²) in [5, 5.41) is 5.20. The minimum Gasteiger partial charge on any atom is -0.493 e. The number of hydrogen-bond acceptors (Lipinski definition) is 8. The molecule has 2 heterocycles. The standard InChI is InChI=1S/C27H25N3O8/c1-16-6-4-5-7-19(16)28-24(31)14-30-25(32)20(29-27(30)34)12-17-8-10-21(23(13-17)35-2)37-15-18-9-11-22(38-18)26(33)36-3/h4-13H,14-15H2,1-3H3,(H,28,31)(H,29,34). The molecular formula is C27H25N3O8. The Morgan fingerprint density at radius 2 is 1.84 bits per heavy atom. The van der Waals surface area contributed by atoms with Crippen LogP contribution in [0.2, 0.25) is 0 Å². The molecule has 1 aromatic heterocycles. The molecule has 0 atom stereocenters. The largest absolute Gasteiger partial charge is 0.493 e. The van der Waals surface area contributed by atoms with Gasteiger partial charge in [-0.2, -0.15) is 0 Å². The number of furan rings is 1. The lowest BCUT2D eigenvalue weighted by molar-refractivity contribution is -0.127. The molecule has 0 unspecified atom stereocenters. The summed E-state index contributed by atoms with van der Waals surface area (Å²) in [5.41, 5.74) is 2.02. The van der Waals surface area contributed by atoms with Crippen LogP contribution in [-0.4, -0.2) is 49.5 Å². The molecule has 0 radical (unpaired) electrons. The Labute approximate surface area is 218 Å². The molecule has 1 saturated heterocycles. The predicted octanol–water partition coefficient (Wildman–Crippen LogP) is 3.49. The van der Waals surface area contributed by atoms with Crippen molar-refractivity contribution in [2.24, 2.45) is 0 Å². The molecule has 0 saturated carbocycles. The number of para-hydroxylation sites is 1. The molecule has 38 heavy (non-hydrogen) atoms. The number of aryl methyl sites for hydroxylation is 1.